The summed E-state index contributed by atoms with van der Waals surface area (Å²) in [4.78, 5) is 0. The van der Waals surface area contributed by atoms with E-state index in [1.165, 1.54) is 12.1 Å². The zero-order chi connectivity index (χ0) is 14.7. The SMILES string of the molecule is CC(C)(C)CCC(N)c1ccc(OC(F)(F)F)cc1. The Hall–Kier alpha value is -1.23. The highest BCUT2D eigenvalue weighted by Gasteiger charge is 2.31. The van der Waals surface area contributed by atoms with Crippen molar-refractivity contribution in [2.75, 3.05) is 0 Å². The van der Waals surface area contributed by atoms with Crippen molar-refractivity contribution in [3.63, 3.8) is 0 Å². The summed E-state index contributed by atoms with van der Waals surface area (Å²) in [7, 11) is 0. The summed E-state index contributed by atoms with van der Waals surface area (Å²) in [5.41, 5.74) is 7.03. The van der Waals surface area contributed by atoms with Crippen LogP contribution in [0, 0.1) is 5.41 Å². The summed E-state index contributed by atoms with van der Waals surface area (Å²) < 4.78 is 39.8. The highest BCUT2D eigenvalue weighted by Crippen LogP contribution is 2.28. The summed E-state index contributed by atoms with van der Waals surface area (Å²) in [6.45, 7) is 6.37. The maximum Gasteiger partial charge on any atom is 0.573 e. The Morgan fingerprint density at radius 3 is 2.05 bits per heavy atom. The summed E-state index contributed by atoms with van der Waals surface area (Å²) in [5.74, 6) is -0.223. The first-order chi connectivity index (χ1) is 8.57. The first kappa shape index (κ1) is 15.8. The molecule has 0 aliphatic carbocycles. The van der Waals surface area contributed by atoms with Gasteiger partial charge in [0.2, 0.25) is 0 Å². The lowest BCUT2D eigenvalue weighted by Gasteiger charge is -2.21. The average Bonchev–Trinajstić information content (AvgIpc) is 2.23. The Balaban J connectivity index is 2.60. The topological polar surface area (TPSA) is 35.2 Å². The fraction of sp³-hybridized carbons (Fsp3) is 0.571. The monoisotopic (exact) mass is 275 g/mol. The quantitative estimate of drug-likeness (QED) is 0.883. The van der Waals surface area contributed by atoms with E-state index in [1.807, 2.05) is 0 Å². The molecule has 108 valence electrons. The molecule has 1 aromatic rings. The molecule has 0 aliphatic heterocycles. The van der Waals surface area contributed by atoms with Gasteiger partial charge in [-0.1, -0.05) is 32.9 Å². The molecule has 0 amide bonds. The summed E-state index contributed by atoms with van der Waals surface area (Å²) in [6.07, 6.45) is -2.91. The van der Waals surface area contributed by atoms with Crippen molar-refractivity contribution in [1.82, 2.24) is 0 Å². The van der Waals surface area contributed by atoms with Crippen LogP contribution in [-0.4, -0.2) is 6.36 Å². The summed E-state index contributed by atoms with van der Waals surface area (Å²) in [6, 6.07) is 5.57. The van der Waals surface area contributed by atoms with E-state index in [9.17, 15) is 13.2 Å². The number of halogens is 3. The van der Waals surface area contributed by atoms with Crippen LogP contribution in [0.15, 0.2) is 24.3 Å². The van der Waals surface area contributed by atoms with Crippen molar-refractivity contribution in [2.45, 2.75) is 46.0 Å². The normalized spacial score (nSPS) is 14.3. The molecular weight excluding hydrogens is 255 g/mol. The third-order valence-electron chi connectivity index (χ3n) is 2.75. The molecule has 19 heavy (non-hydrogen) atoms. The van der Waals surface area contributed by atoms with Gasteiger partial charge in [0, 0.05) is 6.04 Å². The van der Waals surface area contributed by atoms with Gasteiger partial charge in [0.15, 0.2) is 0 Å². The first-order valence-corrected chi connectivity index (χ1v) is 6.18. The van der Waals surface area contributed by atoms with Gasteiger partial charge in [0.25, 0.3) is 0 Å². The Bertz CT molecular complexity index is 393. The van der Waals surface area contributed by atoms with E-state index < -0.39 is 6.36 Å². The molecule has 1 rings (SSSR count). The van der Waals surface area contributed by atoms with Crippen molar-refractivity contribution in [2.24, 2.45) is 11.1 Å². The molecule has 1 aromatic carbocycles. The number of alkyl halides is 3. The van der Waals surface area contributed by atoms with Crippen LogP contribution >= 0.6 is 0 Å². The average molecular weight is 275 g/mol. The zero-order valence-corrected chi connectivity index (χ0v) is 11.4. The minimum absolute atomic E-state index is 0.167. The molecule has 2 nitrogen and oxygen atoms in total. The number of hydrogen-bond donors (Lipinski definition) is 1. The summed E-state index contributed by atoms with van der Waals surface area (Å²) >= 11 is 0. The highest BCUT2D eigenvalue weighted by molar-refractivity contribution is 5.29. The standard InChI is InChI=1S/C14H20F3NO/c1-13(2,3)9-8-12(18)10-4-6-11(7-5-10)19-14(15,16)17/h4-7,12H,8-9,18H2,1-3H3. The minimum Gasteiger partial charge on any atom is -0.406 e. The van der Waals surface area contributed by atoms with Gasteiger partial charge in [0.1, 0.15) is 5.75 Å². The molecule has 0 spiro atoms. The number of benzene rings is 1. The van der Waals surface area contributed by atoms with E-state index in [-0.39, 0.29) is 17.2 Å². The van der Waals surface area contributed by atoms with Crippen LogP contribution in [-0.2, 0) is 0 Å². The van der Waals surface area contributed by atoms with E-state index in [2.05, 4.69) is 25.5 Å². The second-order valence-electron chi connectivity index (χ2n) is 5.82. The number of hydrogen-bond acceptors (Lipinski definition) is 2. The maximum absolute atomic E-state index is 12.0. The van der Waals surface area contributed by atoms with Gasteiger partial charge >= 0.3 is 6.36 Å². The smallest absolute Gasteiger partial charge is 0.406 e. The van der Waals surface area contributed by atoms with Gasteiger partial charge in [-0.25, -0.2) is 0 Å². The molecule has 0 radical (unpaired) electrons. The van der Waals surface area contributed by atoms with E-state index in [0.717, 1.165) is 18.4 Å². The Labute approximate surface area is 111 Å². The van der Waals surface area contributed by atoms with Crippen LogP contribution in [0.3, 0.4) is 0 Å². The van der Waals surface area contributed by atoms with Gasteiger partial charge in [-0.05, 0) is 36.0 Å². The second-order valence-corrected chi connectivity index (χ2v) is 5.82. The largest absolute Gasteiger partial charge is 0.573 e. The van der Waals surface area contributed by atoms with Crippen LogP contribution in [0.25, 0.3) is 0 Å². The van der Waals surface area contributed by atoms with E-state index >= 15 is 0 Å². The predicted octanol–water partition coefficient (Wildman–Crippen LogP) is 4.41. The lowest BCUT2D eigenvalue weighted by molar-refractivity contribution is -0.274. The van der Waals surface area contributed by atoms with Crippen molar-refractivity contribution < 1.29 is 17.9 Å². The van der Waals surface area contributed by atoms with Crippen LogP contribution in [0.2, 0.25) is 0 Å². The van der Waals surface area contributed by atoms with E-state index in [4.69, 9.17) is 5.73 Å². The molecule has 0 fully saturated rings. The zero-order valence-electron chi connectivity index (χ0n) is 11.4. The fourth-order valence-corrected chi connectivity index (χ4v) is 1.67. The van der Waals surface area contributed by atoms with Crippen molar-refractivity contribution in [3.8, 4) is 5.75 Å². The molecule has 0 bridgehead atoms. The molecule has 1 unspecified atom stereocenters. The fourth-order valence-electron chi connectivity index (χ4n) is 1.67. The number of nitrogens with two attached hydrogens (primary N) is 1. The molecular formula is C14H20F3NO. The Morgan fingerprint density at radius 2 is 1.63 bits per heavy atom. The number of rotatable bonds is 4. The molecule has 0 heterocycles. The summed E-state index contributed by atoms with van der Waals surface area (Å²) in [5, 5.41) is 0. The molecule has 0 saturated heterocycles. The first-order valence-electron chi connectivity index (χ1n) is 6.18. The van der Waals surface area contributed by atoms with Crippen LogP contribution in [0.4, 0.5) is 13.2 Å². The highest BCUT2D eigenvalue weighted by atomic mass is 19.4. The Morgan fingerprint density at radius 1 is 1.11 bits per heavy atom. The molecule has 1 atom stereocenters. The maximum atomic E-state index is 12.0. The van der Waals surface area contributed by atoms with E-state index in [0.29, 0.717) is 0 Å². The van der Waals surface area contributed by atoms with Crippen molar-refractivity contribution in [3.05, 3.63) is 29.8 Å². The minimum atomic E-state index is -4.66. The molecule has 0 aliphatic rings. The van der Waals surface area contributed by atoms with Crippen LogP contribution in [0.1, 0.15) is 45.2 Å². The lowest BCUT2D eigenvalue weighted by Crippen LogP contribution is -2.17. The van der Waals surface area contributed by atoms with Crippen molar-refractivity contribution in [1.29, 1.82) is 0 Å². The van der Waals surface area contributed by atoms with Gasteiger partial charge in [-0.3, -0.25) is 0 Å². The molecule has 2 N–H and O–H groups in total. The van der Waals surface area contributed by atoms with Gasteiger partial charge in [0.05, 0.1) is 0 Å². The van der Waals surface area contributed by atoms with Gasteiger partial charge in [-0.2, -0.15) is 0 Å². The number of ether oxygens (including phenoxy) is 1. The second kappa shape index (κ2) is 5.82. The van der Waals surface area contributed by atoms with Gasteiger partial charge in [-0.15, -0.1) is 13.2 Å². The van der Waals surface area contributed by atoms with Crippen LogP contribution in [0.5, 0.6) is 5.75 Å². The molecule has 0 saturated carbocycles. The molecule has 5 heteroatoms. The third-order valence-corrected chi connectivity index (χ3v) is 2.75. The lowest BCUT2D eigenvalue weighted by atomic mass is 9.87. The Kier molecular flexibility index (Phi) is 4.85. The van der Waals surface area contributed by atoms with Crippen molar-refractivity contribution >= 4 is 0 Å². The third kappa shape index (κ3) is 6.47. The van der Waals surface area contributed by atoms with Crippen LogP contribution < -0.4 is 10.5 Å². The van der Waals surface area contributed by atoms with E-state index in [1.54, 1.807) is 12.1 Å². The predicted molar refractivity (Wildman–Crippen MR) is 68.7 cm³/mol. The molecule has 0 aromatic heterocycles. The van der Waals surface area contributed by atoms with Gasteiger partial charge < -0.3 is 10.5 Å².